The number of carbonyl (C=O) groups is 4. The van der Waals surface area contributed by atoms with E-state index >= 15 is 0 Å². The lowest BCUT2D eigenvalue weighted by Crippen LogP contribution is -2.37. The number of hydrogen-bond donors (Lipinski definition) is 3. The molecule has 3 N–H and O–H groups in total. The van der Waals surface area contributed by atoms with E-state index in [1.54, 1.807) is 72.4 Å². The van der Waals surface area contributed by atoms with Crippen LogP contribution in [0.4, 0.5) is 0 Å². The number of amides is 1. The van der Waals surface area contributed by atoms with Gasteiger partial charge < -0.3 is 14.8 Å². The monoisotopic (exact) mass is 641 g/mol. The second kappa shape index (κ2) is 17.3. The minimum absolute atomic E-state index is 0.0257. The fraction of sp³-hybridized carbons (Fsp3) is 0.310. The van der Waals surface area contributed by atoms with Crippen molar-refractivity contribution < 1.29 is 28.7 Å². The second-order valence-electron chi connectivity index (χ2n) is 8.92. The van der Waals surface area contributed by atoms with E-state index in [4.69, 9.17) is 20.3 Å². The van der Waals surface area contributed by atoms with Crippen LogP contribution in [0.15, 0.2) is 60.7 Å². The summed E-state index contributed by atoms with van der Waals surface area (Å²) in [6.45, 7) is 0. The molecule has 0 aliphatic heterocycles. The third-order valence-corrected chi connectivity index (χ3v) is 8.68. The molecule has 43 heavy (non-hydrogen) atoms. The SMILES string of the molecule is COC(=O)C(C(=O)Cc1nnc(CCSCCC(=N)SC(=N)NC(=O)C(C(=O)OC)c2ccccc2)s1)c1ccccc1. The van der Waals surface area contributed by atoms with Crippen LogP contribution >= 0.6 is 34.9 Å². The molecule has 3 aromatic rings. The smallest absolute Gasteiger partial charge is 0.322 e. The molecule has 2 aromatic carbocycles. The summed E-state index contributed by atoms with van der Waals surface area (Å²) in [6, 6.07) is 17.2. The summed E-state index contributed by atoms with van der Waals surface area (Å²) in [5.41, 5.74) is 1.02. The number of hydrogen-bond acceptors (Lipinski definition) is 13. The van der Waals surface area contributed by atoms with Gasteiger partial charge >= 0.3 is 11.9 Å². The fourth-order valence-corrected chi connectivity index (χ4v) is 6.50. The number of amidine groups is 1. The quantitative estimate of drug-likeness (QED) is 0.0768. The first kappa shape index (κ1) is 33.6. The van der Waals surface area contributed by atoms with Gasteiger partial charge in [0, 0.05) is 12.8 Å². The first-order valence-corrected chi connectivity index (χ1v) is 15.8. The third-order valence-electron chi connectivity index (χ3n) is 5.95. The lowest BCUT2D eigenvalue weighted by atomic mass is 9.93. The maximum absolute atomic E-state index is 12.9. The molecule has 0 aliphatic carbocycles. The van der Waals surface area contributed by atoms with Crippen molar-refractivity contribution in [1.82, 2.24) is 15.5 Å². The predicted molar refractivity (Wildman–Crippen MR) is 168 cm³/mol. The normalized spacial score (nSPS) is 12.0. The molecule has 14 heteroatoms. The van der Waals surface area contributed by atoms with Gasteiger partial charge in [0.1, 0.15) is 15.9 Å². The van der Waals surface area contributed by atoms with E-state index in [-0.39, 0.29) is 22.4 Å². The Balaban J connectivity index is 1.39. The van der Waals surface area contributed by atoms with Crippen molar-refractivity contribution >= 4 is 68.7 Å². The topological polar surface area (TPSA) is 172 Å². The van der Waals surface area contributed by atoms with Gasteiger partial charge in [-0.25, -0.2) is 0 Å². The molecular formula is C29H31N5O6S3. The van der Waals surface area contributed by atoms with Crippen LogP contribution in [0.1, 0.15) is 39.4 Å². The Labute approximate surface area is 261 Å². The minimum atomic E-state index is -1.21. The summed E-state index contributed by atoms with van der Waals surface area (Å²) in [5.74, 6) is -3.27. The molecule has 3 rings (SSSR count). The number of thioether (sulfide) groups is 2. The number of benzene rings is 2. The average Bonchev–Trinajstić information content (AvgIpc) is 3.44. The molecular weight excluding hydrogens is 611 g/mol. The maximum atomic E-state index is 12.9. The van der Waals surface area contributed by atoms with Gasteiger partial charge in [-0.05, 0) is 34.4 Å². The number of ether oxygens (including phenoxy) is 2. The zero-order valence-electron chi connectivity index (χ0n) is 23.5. The van der Waals surface area contributed by atoms with Crippen LogP contribution in [0.3, 0.4) is 0 Å². The highest BCUT2D eigenvalue weighted by Crippen LogP contribution is 2.23. The van der Waals surface area contributed by atoms with Crippen LogP contribution in [0, 0.1) is 10.8 Å². The zero-order chi connectivity index (χ0) is 31.2. The van der Waals surface area contributed by atoms with Crippen LogP contribution in [-0.2, 0) is 41.5 Å². The van der Waals surface area contributed by atoms with Gasteiger partial charge in [0.25, 0.3) is 0 Å². The van der Waals surface area contributed by atoms with E-state index < -0.39 is 29.7 Å². The van der Waals surface area contributed by atoms with E-state index in [9.17, 15) is 19.2 Å². The molecule has 0 bridgehead atoms. The molecule has 0 aliphatic rings. The summed E-state index contributed by atoms with van der Waals surface area (Å²) in [7, 11) is 2.45. The van der Waals surface area contributed by atoms with Crippen molar-refractivity contribution in [2.45, 2.75) is 31.1 Å². The fourth-order valence-electron chi connectivity index (χ4n) is 3.90. The first-order valence-electron chi connectivity index (χ1n) is 13.0. The second-order valence-corrected chi connectivity index (χ2v) is 12.4. The minimum Gasteiger partial charge on any atom is -0.468 e. The summed E-state index contributed by atoms with van der Waals surface area (Å²) < 4.78 is 9.60. The molecule has 1 aromatic heterocycles. The van der Waals surface area contributed by atoms with E-state index in [2.05, 4.69) is 15.5 Å². The Morgan fingerprint density at radius 2 is 1.40 bits per heavy atom. The number of esters is 2. The average molecular weight is 642 g/mol. The number of nitrogens with zero attached hydrogens (tertiary/aromatic N) is 2. The number of aromatic nitrogens is 2. The van der Waals surface area contributed by atoms with Gasteiger partial charge in [0.2, 0.25) is 5.91 Å². The van der Waals surface area contributed by atoms with Crippen molar-refractivity contribution in [3.05, 3.63) is 81.8 Å². The van der Waals surface area contributed by atoms with E-state index in [0.717, 1.165) is 16.8 Å². The van der Waals surface area contributed by atoms with Gasteiger partial charge in [-0.3, -0.25) is 30.0 Å². The van der Waals surface area contributed by atoms with Crippen molar-refractivity contribution in [3.8, 4) is 0 Å². The van der Waals surface area contributed by atoms with Crippen LogP contribution in [-0.4, -0.2) is 69.8 Å². The summed E-state index contributed by atoms with van der Waals surface area (Å²) >= 11 is 3.73. The Bertz CT molecular complexity index is 1430. The molecule has 1 heterocycles. The van der Waals surface area contributed by atoms with Crippen LogP contribution < -0.4 is 5.32 Å². The molecule has 11 nitrogen and oxygen atoms in total. The van der Waals surface area contributed by atoms with Crippen molar-refractivity contribution in [1.29, 1.82) is 10.8 Å². The molecule has 1 amide bonds. The highest BCUT2D eigenvalue weighted by Gasteiger charge is 2.31. The van der Waals surface area contributed by atoms with Crippen molar-refractivity contribution in [2.75, 3.05) is 25.7 Å². The van der Waals surface area contributed by atoms with Crippen molar-refractivity contribution in [3.63, 3.8) is 0 Å². The third kappa shape index (κ3) is 10.4. The van der Waals surface area contributed by atoms with Gasteiger partial charge in [0.15, 0.2) is 16.9 Å². The number of nitrogens with one attached hydrogen (secondary N) is 3. The standard InChI is InChI=1S/C29H31N5O6S3/c1-39-27(37)24(18-9-5-3-6-10-18)20(35)17-23-34-33-22(43-23)14-16-41-15-13-21(30)42-29(31)32-26(36)25(28(38)40-2)19-11-7-4-8-12-19/h3-12,24-25,30H,13-17H2,1-2H3,(H2,31,32,36). The maximum Gasteiger partial charge on any atom is 0.322 e. The summed E-state index contributed by atoms with van der Waals surface area (Å²) in [6.07, 6.45) is 0.982. The number of ketones is 1. The van der Waals surface area contributed by atoms with E-state index in [1.807, 2.05) is 0 Å². The molecule has 2 atom stereocenters. The Kier molecular flexibility index (Phi) is 13.5. The number of methoxy groups -OCH3 is 2. The summed E-state index contributed by atoms with van der Waals surface area (Å²) in [5, 5.41) is 28.1. The van der Waals surface area contributed by atoms with Crippen molar-refractivity contribution in [2.24, 2.45) is 0 Å². The zero-order valence-corrected chi connectivity index (χ0v) is 26.0. The lowest BCUT2D eigenvalue weighted by Gasteiger charge is -2.15. The largest absolute Gasteiger partial charge is 0.468 e. The molecule has 226 valence electrons. The van der Waals surface area contributed by atoms with E-state index in [0.29, 0.717) is 40.5 Å². The molecule has 0 spiro atoms. The van der Waals surface area contributed by atoms with Gasteiger partial charge in [-0.2, -0.15) is 11.8 Å². The van der Waals surface area contributed by atoms with Gasteiger partial charge in [-0.1, -0.05) is 60.7 Å². The van der Waals surface area contributed by atoms with Crippen LogP contribution in [0.25, 0.3) is 0 Å². The lowest BCUT2D eigenvalue weighted by molar-refractivity contribution is -0.147. The Morgan fingerprint density at radius 1 is 0.837 bits per heavy atom. The van der Waals surface area contributed by atoms with Gasteiger partial charge in [0.05, 0.1) is 25.7 Å². The molecule has 0 saturated heterocycles. The van der Waals surface area contributed by atoms with Crippen LogP contribution in [0.5, 0.6) is 0 Å². The van der Waals surface area contributed by atoms with Gasteiger partial charge in [-0.15, -0.1) is 21.5 Å². The number of Topliss-reactive ketones (excluding diaryl/α,β-unsaturated/α-hetero) is 1. The molecule has 2 unspecified atom stereocenters. The number of rotatable bonds is 14. The highest BCUT2D eigenvalue weighted by atomic mass is 32.2. The molecule has 0 fully saturated rings. The Morgan fingerprint density at radius 3 is 2.00 bits per heavy atom. The first-order chi connectivity index (χ1) is 20.7. The van der Waals surface area contributed by atoms with Crippen LogP contribution in [0.2, 0.25) is 0 Å². The predicted octanol–water partition coefficient (Wildman–Crippen LogP) is 3.99. The Hall–Kier alpha value is -3.88. The number of carbonyl (C=O) groups excluding carboxylic acids is 4. The molecule has 0 saturated carbocycles. The highest BCUT2D eigenvalue weighted by molar-refractivity contribution is 8.26. The summed E-state index contributed by atoms with van der Waals surface area (Å²) in [4.78, 5) is 50.1. The number of aryl methyl sites for hydroxylation is 1. The van der Waals surface area contributed by atoms with E-state index in [1.165, 1.54) is 25.6 Å². The molecule has 0 radical (unpaired) electrons.